The van der Waals surface area contributed by atoms with E-state index >= 15 is 0 Å². The lowest BCUT2D eigenvalue weighted by molar-refractivity contribution is -0.116. The minimum absolute atomic E-state index is 0.0803. The molecule has 1 aliphatic heterocycles. The normalized spacial score (nSPS) is 15.9. The summed E-state index contributed by atoms with van der Waals surface area (Å²) in [6.45, 7) is 3.09. The van der Waals surface area contributed by atoms with Crippen LogP contribution in [0.1, 0.15) is 24.8 Å². The van der Waals surface area contributed by atoms with E-state index in [1.54, 1.807) is 35.3 Å². The van der Waals surface area contributed by atoms with Crippen molar-refractivity contribution in [3.63, 3.8) is 0 Å². The molecule has 0 radical (unpaired) electrons. The number of piperidine rings is 1. The van der Waals surface area contributed by atoms with Crippen molar-refractivity contribution in [2.45, 2.75) is 37.6 Å². The highest BCUT2D eigenvalue weighted by Gasteiger charge is 2.26. The molecule has 0 unspecified atom stereocenters. The second kappa shape index (κ2) is 7.37. The van der Waals surface area contributed by atoms with Crippen LogP contribution in [0.4, 0.5) is 5.69 Å². The van der Waals surface area contributed by atoms with Gasteiger partial charge in [0.1, 0.15) is 6.54 Å². The fourth-order valence-corrected chi connectivity index (χ4v) is 4.45. The van der Waals surface area contributed by atoms with E-state index in [9.17, 15) is 13.2 Å². The lowest BCUT2D eigenvalue weighted by atomic mass is 10.2. The summed E-state index contributed by atoms with van der Waals surface area (Å²) in [5.41, 5.74) is 1.44. The Morgan fingerprint density at radius 1 is 1.24 bits per heavy atom. The number of carbonyl (C=O) groups excluding carboxylic acids is 1. The first-order chi connectivity index (χ1) is 11.9. The van der Waals surface area contributed by atoms with Crippen LogP contribution >= 0.6 is 0 Å². The largest absolute Gasteiger partial charge is 0.324 e. The molecule has 8 heteroatoms. The van der Waals surface area contributed by atoms with Gasteiger partial charge in [-0.3, -0.25) is 9.48 Å². The number of hydrogen-bond donors (Lipinski definition) is 1. The van der Waals surface area contributed by atoms with Gasteiger partial charge in [0.2, 0.25) is 15.9 Å². The van der Waals surface area contributed by atoms with Crippen molar-refractivity contribution in [2.24, 2.45) is 0 Å². The van der Waals surface area contributed by atoms with Crippen LogP contribution in [-0.4, -0.2) is 41.5 Å². The van der Waals surface area contributed by atoms with E-state index in [1.165, 1.54) is 10.4 Å². The quantitative estimate of drug-likeness (QED) is 0.882. The summed E-state index contributed by atoms with van der Waals surface area (Å²) in [4.78, 5) is 12.3. The summed E-state index contributed by atoms with van der Waals surface area (Å²) in [6.07, 6.45) is 6.29. The molecule has 0 atom stereocenters. The molecule has 2 heterocycles. The zero-order valence-electron chi connectivity index (χ0n) is 14.2. The maximum absolute atomic E-state index is 12.7. The fourth-order valence-electron chi connectivity index (χ4n) is 2.89. The van der Waals surface area contributed by atoms with Gasteiger partial charge >= 0.3 is 0 Å². The van der Waals surface area contributed by atoms with Crippen molar-refractivity contribution in [3.8, 4) is 0 Å². The van der Waals surface area contributed by atoms with Gasteiger partial charge in [-0.25, -0.2) is 8.42 Å². The maximum atomic E-state index is 12.7. The third kappa shape index (κ3) is 4.26. The topological polar surface area (TPSA) is 84.3 Å². The molecule has 1 aromatic carbocycles. The van der Waals surface area contributed by atoms with Gasteiger partial charge in [0.05, 0.1) is 11.1 Å². The lowest BCUT2D eigenvalue weighted by Gasteiger charge is -2.26. The summed E-state index contributed by atoms with van der Waals surface area (Å²) >= 11 is 0. The highest BCUT2D eigenvalue weighted by atomic mass is 32.2. The number of aromatic nitrogens is 2. The summed E-state index contributed by atoms with van der Waals surface area (Å²) in [5.74, 6) is -0.254. The maximum Gasteiger partial charge on any atom is 0.246 e. The Balaban J connectivity index is 1.71. The predicted octanol–water partition coefficient (Wildman–Crippen LogP) is 2.00. The van der Waals surface area contributed by atoms with E-state index in [0.29, 0.717) is 18.8 Å². The molecule has 25 heavy (non-hydrogen) atoms. The Morgan fingerprint density at radius 3 is 2.68 bits per heavy atom. The molecule has 0 bridgehead atoms. The first kappa shape index (κ1) is 17.6. The number of nitrogens with one attached hydrogen (secondary N) is 1. The van der Waals surface area contributed by atoms with Crippen molar-refractivity contribution < 1.29 is 13.2 Å². The Kier molecular flexibility index (Phi) is 5.19. The van der Waals surface area contributed by atoms with E-state index in [2.05, 4.69) is 10.4 Å². The third-order valence-corrected chi connectivity index (χ3v) is 6.03. The van der Waals surface area contributed by atoms with E-state index in [1.807, 2.05) is 6.92 Å². The van der Waals surface area contributed by atoms with E-state index < -0.39 is 10.0 Å². The first-order valence-corrected chi connectivity index (χ1v) is 9.78. The summed E-state index contributed by atoms with van der Waals surface area (Å²) < 4.78 is 28.5. The van der Waals surface area contributed by atoms with Gasteiger partial charge in [0.15, 0.2) is 0 Å². The van der Waals surface area contributed by atoms with Crippen LogP contribution < -0.4 is 5.32 Å². The summed E-state index contributed by atoms with van der Waals surface area (Å²) in [5, 5.41) is 6.80. The zero-order valence-corrected chi connectivity index (χ0v) is 15.0. The number of carbonyl (C=O) groups is 1. The van der Waals surface area contributed by atoms with Crippen LogP contribution in [0, 0.1) is 6.92 Å². The second-order valence-corrected chi connectivity index (χ2v) is 8.19. The zero-order chi connectivity index (χ0) is 17.9. The Hall–Kier alpha value is -2.19. The SMILES string of the molecule is Cc1cnn(CC(=O)Nc2cccc(S(=O)(=O)N3CCCCC3)c2)c1. The van der Waals surface area contributed by atoms with Crippen molar-refractivity contribution >= 4 is 21.6 Å². The molecular formula is C17H22N4O3S. The number of hydrogen-bond acceptors (Lipinski definition) is 4. The minimum atomic E-state index is -3.51. The average Bonchev–Trinajstić information content (AvgIpc) is 3.00. The standard InChI is InChI=1S/C17H22N4O3S/c1-14-11-18-20(12-14)13-17(22)19-15-6-5-7-16(10-15)25(23,24)21-8-3-2-4-9-21/h5-7,10-12H,2-4,8-9,13H2,1H3,(H,19,22). The fraction of sp³-hybridized carbons (Fsp3) is 0.412. The molecule has 1 fully saturated rings. The molecule has 1 aliphatic rings. The molecule has 7 nitrogen and oxygen atoms in total. The van der Waals surface area contributed by atoms with Crippen LogP contribution in [-0.2, 0) is 21.4 Å². The molecule has 0 aliphatic carbocycles. The number of anilines is 1. The first-order valence-electron chi connectivity index (χ1n) is 8.34. The van der Waals surface area contributed by atoms with Gasteiger partial charge in [-0.1, -0.05) is 12.5 Å². The van der Waals surface area contributed by atoms with Gasteiger partial charge in [0.25, 0.3) is 0 Å². The predicted molar refractivity (Wildman–Crippen MR) is 94.6 cm³/mol. The summed E-state index contributed by atoms with van der Waals surface area (Å²) in [6, 6.07) is 6.40. The van der Waals surface area contributed by atoms with Crippen LogP contribution in [0.5, 0.6) is 0 Å². The van der Waals surface area contributed by atoms with E-state index in [-0.39, 0.29) is 17.3 Å². The van der Waals surface area contributed by atoms with Gasteiger partial charge in [-0.05, 0) is 43.5 Å². The van der Waals surface area contributed by atoms with Gasteiger partial charge in [0, 0.05) is 25.0 Å². The molecule has 3 rings (SSSR count). The Morgan fingerprint density at radius 2 is 2.00 bits per heavy atom. The van der Waals surface area contributed by atoms with Crippen molar-refractivity contribution in [2.75, 3.05) is 18.4 Å². The van der Waals surface area contributed by atoms with Gasteiger partial charge < -0.3 is 5.32 Å². The molecule has 1 N–H and O–H groups in total. The second-order valence-electron chi connectivity index (χ2n) is 6.26. The molecule has 0 saturated carbocycles. The van der Waals surface area contributed by atoms with E-state index in [0.717, 1.165) is 24.8 Å². The molecular weight excluding hydrogens is 340 g/mol. The molecule has 1 saturated heterocycles. The van der Waals surface area contributed by atoms with Crippen LogP contribution in [0.3, 0.4) is 0 Å². The van der Waals surface area contributed by atoms with Gasteiger partial charge in [-0.2, -0.15) is 9.40 Å². The molecule has 2 aromatic rings. The van der Waals surface area contributed by atoms with Crippen molar-refractivity contribution in [3.05, 3.63) is 42.2 Å². The van der Waals surface area contributed by atoms with Crippen molar-refractivity contribution in [1.29, 1.82) is 0 Å². The van der Waals surface area contributed by atoms with Crippen LogP contribution in [0.2, 0.25) is 0 Å². The molecule has 134 valence electrons. The minimum Gasteiger partial charge on any atom is -0.324 e. The number of rotatable bonds is 5. The summed E-state index contributed by atoms with van der Waals surface area (Å²) in [7, 11) is -3.51. The van der Waals surface area contributed by atoms with Crippen molar-refractivity contribution in [1.82, 2.24) is 14.1 Å². The number of sulfonamides is 1. The smallest absolute Gasteiger partial charge is 0.246 e. The Labute approximate surface area is 147 Å². The third-order valence-electron chi connectivity index (χ3n) is 4.14. The van der Waals surface area contributed by atoms with Crippen LogP contribution in [0.25, 0.3) is 0 Å². The number of aryl methyl sites for hydroxylation is 1. The molecule has 1 aromatic heterocycles. The van der Waals surface area contributed by atoms with Crippen LogP contribution in [0.15, 0.2) is 41.6 Å². The number of benzene rings is 1. The lowest BCUT2D eigenvalue weighted by Crippen LogP contribution is -2.35. The molecule has 0 spiro atoms. The highest BCUT2D eigenvalue weighted by molar-refractivity contribution is 7.89. The average molecular weight is 362 g/mol. The Bertz CT molecular complexity index is 854. The van der Waals surface area contributed by atoms with E-state index in [4.69, 9.17) is 0 Å². The highest BCUT2D eigenvalue weighted by Crippen LogP contribution is 2.22. The monoisotopic (exact) mass is 362 g/mol. The number of amides is 1. The van der Waals surface area contributed by atoms with Gasteiger partial charge in [-0.15, -0.1) is 0 Å². The molecule has 1 amide bonds. The number of nitrogens with zero attached hydrogens (tertiary/aromatic N) is 3.